The molecule has 7 nitrogen and oxygen atoms in total. The number of aromatic nitrogens is 2. The van der Waals surface area contributed by atoms with Gasteiger partial charge in [-0.1, -0.05) is 6.92 Å². The summed E-state index contributed by atoms with van der Waals surface area (Å²) in [4.78, 5) is 27.9. The molecule has 0 unspecified atom stereocenters. The molecule has 1 atom stereocenters. The lowest BCUT2D eigenvalue weighted by Crippen LogP contribution is -2.32. The molecule has 27 heavy (non-hydrogen) atoms. The number of amides is 1. The fraction of sp³-hybridized carbons (Fsp3) is 0.316. The van der Waals surface area contributed by atoms with Crippen molar-refractivity contribution in [3.8, 4) is 11.4 Å². The maximum Gasteiger partial charge on any atom is 0.282 e. The second kappa shape index (κ2) is 6.70. The van der Waals surface area contributed by atoms with Crippen LogP contribution >= 0.6 is 11.3 Å². The highest BCUT2D eigenvalue weighted by Gasteiger charge is 2.28. The maximum atomic E-state index is 13.1. The Hall–Kier alpha value is -2.87. The van der Waals surface area contributed by atoms with Crippen LogP contribution in [0.25, 0.3) is 16.5 Å². The molecular formula is C19H20N4O3S. The molecule has 2 N–H and O–H groups in total. The molecule has 0 bridgehead atoms. The van der Waals surface area contributed by atoms with Gasteiger partial charge in [-0.25, -0.2) is 0 Å². The Morgan fingerprint density at radius 3 is 2.70 bits per heavy atom. The van der Waals surface area contributed by atoms with Crippen LogP contribution in [0.1, 0.15) is 23.8 Å². The van der Waals surface area contributed by atoms with Crippen molar-refractivity contribution >= 4 is 33.0 Å². The number of carbonyl (C=O) groups is 1. The van der Waals surface area contributed by atoms with Crippen LogP contribution in [0.4, 0.5) is 5.00 Å². The van der Waals surface area contributed by atoms with E-state index >= 15 is 0 Å². The number of ether oxygens (including phenoxy) is 1. The summed E-state index contributed by atoms with van der Waals surface area (Å²) in [6.07, 6.45) is 0.971. The Balaban J connectivity index is 1.89. The predicted molar refractivity (Wildman–Crippen MR) is 106 cm³/mol. The molecule has 1 aliphatic rings. The van der Waals surface area contributed by atoms with E-state index in [-0.39, 0.29) is 17.2 Å². The van der Waals surface area contributed by atoms with Crippen molar-refractivity contribution in [1.82, 2.24) is 14.7 Å². The van der Waals surface area contributed by atoms with Crippen molar-refractivity contribution < 1.29 is 9.53 Å². The van der Waals surface area contributed by atoms with E-state index in [0.29, 0.717) is 46.2 Å². The molecule has 0 radical (unpaired) electrons. The minimum absolute atomic E-state index is 0.163. The van der Waals surface area contributed by atoms with Crippen LogP contribution in [0.3, 0.4) is 0 Å². The van der Waals surface area contributed by atoms with Crippen LogP contribution in [-0.4, -0.2) is 40.8 Å². The van der Waals surface area contributed by atoms with Crippen molar-refractivity contribution in [3.63, 3.8) is 0 Å². The Morgan fingerprint density at radius 1 is 1.33 bits per heavy atom. The number of nitrogens with zero attached hydrogens (tertiary/aromatic N) is 3. The van der Waals surface area contributed by atoms with Gasteiger partial charge < -0.3 is 15.4 Å². The molecule has 0 aliphatic carbocycles. The number of carbonyl (C=O) groups excluding carboxylic acids is 1. The SMILES string of the molecule is COc1ccc(-n2nc(C(=O)N3CC[C@H](C)C3)c3csc(N)c3c2=O)cc1. The van der Waals surface area contributed by atoms with Crippen molar-refractivity contribution in [2.75, 3.05) is 25.9 Å². The first-order valence-corrected chi connectivity index (χ1v) is 9.61. The topological polar surface area (TPSA) is 90.5 Å². The van der Waals surface area contributed by atoms with E-state index in [9.17, 15) is 9.59 Å². The molecule has 1 amide bonds. The lowest BCUT2D eigenvalue weighted by molar-refractivity contribution is 0.0782. The second-order valence-electron chi connectivity index (χ2n) is 6.80. The van der Waals surface area contributed by atoms with Crippen LogP contribution in [0.5, 0.6) is 5.75 Å². The first kappa shape index (κ1) is 17.5. The summed E-state index contributed by atoms with van der Waals surface area (Å²) in [5.41, 5.74) is 6.53. The number of likely N-dealkylation sites (tertiary alicyclic amines) is 1. The first-order chi connectivity index (χ1) is 13.0. The van der Waals surface area contributed by atoms with Gasteiger partial charge in [-0.15, -0.1) is 11.3 Å². The Kier molecular flexibility index (Phi) is 4.35. The minimum atomic E-state index is -0.333. The van der Waals surface area contributed by atoms with Gasteiger partial charge in [0.15, 0.2) is 5.69 Å². The van der Waals surface area contributed by atoms with E-state index in [1.54, 1.807) is 41.7 Å². The smallest absolute Gasteiger partial charge is 0.282 e. The third kappa shape index (κ3) is 2.95. The van der Waals surface area contributed by atoms with Crippen molar-refractivity contribution in [1.29, 1.82) is 0 Å². The van der Waals surface area contributed by atoms with Gasteiger partial charge >= 0.3 is 0 Å². The van der Waals surface area contributed by atoms with Crippen LogP contribution in [0, 0.1) is 5.92 Å². The van der Waals surface area contributed by atoms with Crippen molar-refractivity contribution in [2.45, 2.75) is 13.3 Å². The normalized spacial score (nSPS) is 16.8. The second-order valence-corrected chi connectivity index (χ2v) is 7.71. The van der Waals surface area contributed by atoms with E-state index in [1.807, 2.05) is 0 Å². The number of nitrogens with two attached hydrogens (primary N) is 1. The third-order valence-electron chi connectivity index (χ3n) is 4.91. The Bertz CT molecular complexity index is 1070. The number of hydrogen-bond acceptors (Lipinski definition) is 6. The van der Waals surface area contributed by atoms with E-state index in [2.05, 4.69) is 12.0 Å². The van der Waals surface area contributed by atoms with E-state index in [0.717, 1.165) is 6.42 Å². The summed E-state index contributed by atoms with van der Waals surface area (Å²) in [6.45, 7) is 3.52. The molecule has 3 heterocycles. The lowest BCUT2D eigenvalue weighted by atomic mass is 10.2. The van der Waals surface area contributed by atoms with Gasteiger partial charge in [0.05, 0.1) is 23.2 Å². The number of fused-ring (bicyclic) bond motifs is 1. The molecule has 1 aromatic carbocycles. The molecule has 4 rings (SSSR count). The molecular weight excluding hydrogens is 364 g/mol. The Morgan fingerprint density at radius 2 is 2.07 bits per heavy atom. The summed E-state index contributed by atoms with van der Waals surface area (Å²) >= 11 is 1.25. The van der Waals surface area contributed by atoms with Gasteiger partial charge in [-0.05, 0) is 36.6 Å². The molecule has 1 aliphatic heterocycles. The number of methoxy groups -OCH3 is 1. The van der Waals surface area contributed by atoms with Gasteiger partial charge in [0.2, 0.25) is 0 Å². The van der Waals surface area contributed by atoms with Crippen molar-refractivity contribution in [3.05, 3.63) is 45.7 Å². The van der Waals surface area contributed by atoms with Gasteiger partial charge in [0.1, 0.15) is 5.75 Å². The number of nitrogen functional groups attached to an aromatic ring is 1. The number of hydrogen-bond donors (Lipinski definition) is 1. The molecule has 0 saturated carbocycles. The quantitative estimate of drug-likeness (QED) is 0.749. The zero-order valence-electron chi connectivity index (χ0n) is 15.1. The Labute approximate surface area is 160 Å². The monoisotopic (exact) mass is 384 g/mol. The number of thiophene rings is 1. The van der Waals surface area contributed by atoms with Gasteiger partial charge in [0, 0.05) is 23.9 Å². The summed E-state index contributed by atoms with van der Waals surface area (Å²) in [6, 6.07) is 6.95. The fourth-order valence-corrected chi connectivity index (χ4v) is 4.19. The molecule has 140 valence electrons. The standard InChI is InChI=1S/C19H20N4O3S/c1-11-7-8-22(9-11)19(25)16-14-10-27-17(20)15(14)18(24)23(21-16)12-3-5-13(26-2)6-4-12/h3-6,10-11H,7-9,20H2,1-2H3/t11-/m0/s1. The zero-order valence-corrected chi connectivity index (χ0v) is 16.0. The van der Waals surface area contributed by atoms with Gasteiger partial charge in [0.25, 0.3) is 11.5 Å². The summed E-state index contributed by atoms with van der Waals surface area (Å²) in [5, 5.41) is 7.44. The minimum Gasteiger partial charge on any atom is -0.497 e. The average molecular weight is 384 g/mol. The average Bonchev–Trinajstić information content (AvgIpc) is 3.28. The molecule has 3 aromatic rings. The third-order valence-corrected chi connectivity index (χ3v) is 5.72. The van der Waals surface area contributed by atoms with Crippen LogP contribution in [0.15, 0.2) is 34.4 Å². The van der Waals surface area contributed by atoms with E-state index in [1.165, 1.54) is 16.0 Å². The van der Waals surface area contributed by atoms with Crippen LogP contribution < -0.4 is 16.0 Å². The highest BCUT2D eigenvalue weighted by atomic mass is 32.1. The highest BCUT2D eigenvalue weighted by Crippen LogP contribution is 2.29. The van der Waals surface area contributed by atoms with E-state index in [4.69, 9.17) is 10.5 Å². The van der Waals surface area contributed by atoms with Gasteiger partial charge in [-0.2, -0.15) is 9.78 Å². The molecule has 0 spiro atoms. The van der Waals surface area contributed by atoms with E-state index < -0.39 is 0 Å². The zero-order chi connectivity index (χ0) is 19.1. The predicted octanol–water partition coefficient (Wildman–Crippen LogP) is 2.52. The number of anilines is 1. The molecule has 8 heteroatoms. The lowest BCUT2D eigenvalue weighted by Gasteiger charge is -2.17. The molecule has 1 saturated heterocycles. The summed E-state index contributed by atoms with van der Waals surface area (Å²) in [7, 11) is 1.57. The van der Waals surface area contributed by atoms with Crippen LogP contribution in [0.2, 0.25) is 0 Å². The summed E-state index contributed by atoms with van der Waals surface area (Å²) < 4.78 is 6.41. The molecule has 2 aromatic heterocycles. The highest BCUT2D eigenvalue weighted by molar-refractivity contribution is 7.15. The van der Waals surface area contributed by atoms with Crippen molar-refractivity contribution in [2.24, 2.45) is 5.92 Å². The molecule has 1 fully saturated rings. The number of benzene rings is 1. The maximum absolute atomic E-state index is 13.1. The summed E-state index contributed by atoms with van der Waals surface area (Å²) in [5.74, 6) is 0.971. The largest absolute Gasteiger partial charge is 0.497 e. The van der Waals surface area contributed by atoms with Crippen LogP contribution in [-0.2, 0) is 0 Å². The van der Waals surface area contributed by atoms with Gasteiger partial charge in [-0.3, -0.25) is 9.59 Å². The fourth-order valence-electron chi connectivity index (χ4n) is 3.40. The number of rotatable bonds is 3. The first-order valence-electron chi connectivity index (χ1n) is 8.73.